The van der Waals surface area contributed by atoms with Crippen LogP contribution in [0.2, 0.25) is 0 Å². The molecule has 1 rings (SSSR count). The summed E-state index contributed by atoms with van der Waals surface area (Å²) in [6, 6.07) is 4.54. The standard InChI is InChI=1S/C12H20S.C5H12S.C2H6/c1-11(2,3)9-7-8-10(13-9)12(4,5)6;1-5(2,3)6-4;1-2/h7-8H,1-6H3;1-4H3;1-2H3. The van der Waals surface area contributed by atoms with Crippen molar-refractivity contribution in [2.75, 3.05) is 6.26 Å². The van der Waals surface area contributed by atoms with Crippen molar-refractivity contribution in [1.29, 1.82) is 0 Å². The van der Waals surface area contributed by atoms with Crippen LogP contribution in [0.25, 0.3) is 0 Å². The highest BCUT2D eigenvalue weighted by Crippen LogP contribution is 2.35. The first-order valence-corrected chi connectivity index (χ1v) is 9.97. The zero-order chi connectivity index (χ0) is 17.5. The van der Waals surface area contributed by atoms with Crippen LogP contribution < -0.4 is 0 Å². The third-order valence-corrected chi connectivity index (χ3v) is 5.86. The van der Waals surface area contributed by atoms with E-state index in [2.05, 4.69) is 80.7 Å². The summed E-state index contributed by atoms with van der Waals surface area (Å²) in [4.78, 5) is 2.97. The van der Waals surface area contributed by atoms with Gasteiger partial charge in [-0.15, -0.1) is 11.3 Å². The van der Waals surface area contributed by atoms with Gasteiger partial charge in [0, 0.05) is 14.5 Å². The Balaban J connectivity index is 0. The molecule has 0 aliphatic rings. The predicted octanol–water partition coefficient (Wildman–Crippen LogP) is 7.52. The molecule has 0 bridgehead atoms. The fourth-order valence-corrected chi connectivity index (χ4v) is 2.27. The van der Waals surface area contributed by atoms with E-state index in [0.29, 0.717) is 15.6 Å². The third kappa shape index (κ3) is 11.3. The number of thiophene rings is 1. The van der Waals surface area contributed by atoms with E-state index < -0.39 is 0 Å². The average Bonchev–Trinajstić information content (AvgIpc) is 2.80. The van der Waals surface area contributed by atoms with Crippen LogP contribution in [-0.4, -0.2) is 11.0 Å². The molecule has 0 fully saturated rings. The third-order valence-electron chi connectivity index (χ3n) is 2.70. The number of hydrogen-bond donors (Lipinski definition) is 0. The number of thioether (sulfide) groups is 1. The second-order valence-electron chi connectivity index (χ2n) is 7.98. The minimum absolute atomic E-state index is 0.300. The van der Waals surface area contributed by atoms with Gasteiger partial charge in [0.05, 0.1) is 0 Å². The Labute approximate surface area is 143 Å². The molecule has 126 valence electrons. The van der Waals surface area contributed by atoms with Gasteiger partial charge in [0.25, 0.3) is 0 Å². The largest absolute Gasteiger partial charge is 0.159 e. The van der Waals surface area contributed by atoms with E-state index in [1.807, 2.05) is 36.9 Å². The lowest BCUT2D eigenvalue weighted by atomic mass is 9.93. The Kier molecular flexibility index (Phi) is 10.3. The Morgan fingerprint density at radius 2 is 0.952 bits per heavy atom. The Bertz CT molecular complexity index is 339. The summed E-state index contributed by atoms with van der Waals surface area (Å²) in [7, 11) is 0. The van der Waals surface area contributed by atoms with Gasteiger partial charge >= 0.3 is 0 Å². The minimum Gasteiger partial charge on any atom is -0.159 e. The molecular formula is C19H38S2. The van der Waals surface area contributed by atoms with Crippen LogP contribution in [0.1, 0.15) is 85.9 Å². The van der Waals surface area contributed by atoms with Crippen molar-refractivity contribution in [3.05, 3.63) is 21.9 Å². The maximum Gasteiger partial charge on any atom is 0.0102 e. The highest BCUT2D eigenvalue weighted by atomic mass is 32.2. The summed E-state index contributed by atoms with van der Waals surface area (Å²) in [5.74, 6) is 0. The van der Waals surface area contributed by atoms with Crippen LogP contribution >= 0.6 is 23.1 Å². The van der Waals surface area contributed by atoms with E-state index in [4.69, 9.17) is 0 Å². The second-order valence-corrected chi connectivity index (χ2v) is 10.7. The SMILES string of the molecule is CC.CC(C)(C)c1ccc(C(C)(C)C)s1.CSC(C)(C)C. The van der Waals surface area contributed by atoms with Crippen molar-refractivity contribution in [3.8, 4) is 0 Å². The molecule has 0 nitrogen and oxygen atoms in total. The molecule has 0 radical (unpaired) electrons. The van der Waals surface area contributed by atoms with E-state index in [0.717, 1.165) is 0 Å². The van der Waals surface area contributed by atoms with Crippen molar-refractivity contribution in [2.45, 2.75) is 91.7 Å². The summed E-state index contributed by atoms with van der Waals surface area (Å²) in [6.07, 6.45) is 2.12. The van der Waals surface area contributed by atoms with Crippen LogP contribution in [0.3, 0.4) is 0 Å². The van der Waals surface area contributed by atoms with Crippen LogP contribution in [0.5, 0.6) is 0 Å². The van der Waals surface area contributed by atoms with Gasteiger partial charge in [-0.1, -0.05) is 76.2 Å². The molecule has 1 aromatic rings. The van der Waals surface area contributed by atoms with Gasteiger partial charge in [-0.05, 0) is 29.2 Å². The molecule has 0 unspecified atom stereocenters. The van der Waals surface area contributed by atoms with Crippen LogP contribution in [0.4, 0.5) is 0 Å². The maximum atomic E-state index is 2.27. The zero-order valence-corrected chi connectivity index (χ0v) is 18.1. The molecule has 0 aliphatic carbocycles. The van der Waals surface area contributed by atoms with Gasteiger partial charge in [0.1, 0.15) is 0 Å². The summed E-state index contributed by atoms with van der Waals surface area (Å²) < 4.78 is 0.458. The molecule has 1 heterocycles. The first kappa shape index (κ1) is 23.3. The van der Waals surface area contributed by atoms with E-state index in [1.165, 1.54) is 9.75 Å². The van der Waals surface area contributed by atoms with Gasteiger partial charge in [-0.2, -0.15) is 11.8 Å². The quantitative estimate of drug-likeness (QED) is 0.474. The monoisotopic (exact) mass is 330 g/mol. The molecular weight excluding hydrogens is 292 g/mol. The molecule has 0 saturated heterocycles. The minimum atomic E-state index is 0.300. The van der Waals surface area contributed by atoms with Gasteiger partial charge < -0.3 is 0 Å². The average molecular weight is 331 g/mol. The van der Waals surface area contributed by atoms with E-state index in [-0.39, 0.29) is 0 Å². The highest BCUT2D eigenvalue weighted by Gasteiger charge is 2.21. The Morgan fingerprint density at radius 1 is 0.714 bits per heavy atom. The van der Waals surface area contributed by atoms with Crippen LogP contribution in [0.15, 0.2) is 12.1 Å². The smallest absolute Gasteiger partial charge is 0.0102 e. The second kappa shape index (κ2) is 9.25. The normalized spacial score (nSPS) is 12.0. The van der Waals surface area contributed by atoms with Gasteiger partial charge in [-0.25, -0.2) is 0 Å². The zero-order valence-electron chi connectivity index (χ0n) is 16.5. The van der Waals surface area contributed by atoms with Gasteiger partial charge in [-0.3, -0.25) is 0 Å². The van der Waals surface area contributed by atoms with Crippen molar-refractivity contribution < 1.29 is 0 Å². The van der Waals surface area contributed by atoms with Gasteiger partial charge in [0.2, 0.25) is 0 Å². The molecule has 1 aromatic heterocycles. The van der Waals surface area contributed by atoms with Crippen molar-refractivity contribution >= 4 is 23.1 Å². The Morgan fingerprint density at radius 3 is 1.05 bits per heavy atom. The number of hydrogen-bond acceptors (Lipinski definition) is 2. The molecule has 0 spiro atoms. The van der Waals surface area contributed by atoms with Crippen LogP contribution in [-0.2, 0) is 10.8 Å². The lowest BCUT2D eigenvalue weighted by Crippen LogP contribution is -2.09. The molecule has 0 saturated carbocycles. The summed E-state index contributed by atoms with van der Waals surface area (Å²) in [5.41, 5.74) is 0.600. The molecule has 0 amide bonds. The molecule has 0 aliphatic heterocycles. The fraction of sp³-hybridized carbons (Fsp3) is 0.789. The van der Waals surface area contributed by atoms with Crippen molar-refractivity contribution in [3.63, 3.8) is 0 Å². The molecule has 0 atom stereocenters. The summed E-state index contributed by atoms with van der Waals surface area (Å²) >= 11 is 3.83. The van der Waals surface area contributed by atoms with E-state index in [9.17, 15) is 0 Å². The number of rotatable bonds is 0. The lowest BCUT2D eigenvalue weighted by Gasteiger charge is -2.18. The van der Waals surface area contributed by atoms with E-state index in [1.54, 1.807) is 0 Å². The van der Waals surface area contributed by atoms with Crippen molar-refractivity contribution in [1.82, 2.24) is 0 Å². The predicted molar refractivity (Wildman–Crippen MR) is 106 cm³/mol. The first-order valence-electron chi connectivity index (χ1n) is 7.93. The maximum absolute atomic E-state index is 2.27. The highest BCUT2D eigenvalue weighted by molar-refractivity contribution is 7.99. The lowest BCUT2D eigenvalue weighted by molar-refractivity contribution is 0.602. The Hall–Kier alpha value is 0.0500. The summed E-state index contributed by atoms with van der Waals surface area (Å²) in [5, 5.41) is 0. The molecule has 0 aromatic carbocycles. The summed E-state index contributed by atoms with van der Waals surface area (Å²) in [6.45, 7) is 24.2. The topological polar surface area (TPSA) is 0 Å². The first-order chi connectivity index (χ1) is 9.27. The van der Waals surface area contributed by atoms with E-state index >= 15 is 0 Å². The molecule has 0 N–H and O–H groups in total. The fourth-order valence-electron chi connectivity index (χ4n) is 1.14. The molecule has 2 heteroatoms. The van der Waals surface area contributed by atoms with Crippen LogP contribution in [0, 0.1) is 0 Å². The van der Waals surface area contributed by atoms with Gasteiger partial charge in [0.15, 0.2) is 0 Å². The molecule has 21 heavy (non-hydrogen) atoms. The van der Waals surface area contributed by atoms with Crippen molar-refractivity contribution in [2.24, 2.45) is 0 Å².